The lowest BCUT2D eigenvalue weighted by molar-refractivity contribution is 0.476. The third kappa shape index (κ3) is 18.0. The summed E-state index contributed by atoms with van der Waals surface area (Å²) in [6.07, 6.45) is 17.3. The maximum absolute atomic E-state index is 6.74. The van der Waals surface area contributed by atoms with Crippen molar-refractivity contribution in [3.8, 4) is 66.8 Å². The number of benzene rings is 11. The van der Waals surface area contributed by atoms with Crippen molar-refractivity contribution in [2.24, 2.45) is 23.3 Å². The number of nitrogens with zero attached hydrogens (tertiary/aromatic N) is 2. The van der Waals surface area contributed by atoms with Crippen LogP contribution in [-0.2, 0) is 36.8 Å². The zero-order valence-corrected chi connectivity index (χ0v) is 64.3. The van der Waals surface area contributed by atoms with Gasteiger partial charge in [-0.1, -0.05) is 251 Å². The average molecular weight is 1360 g/mol. The van der Waals surface area contributed by atoms with Crippen molar-refractivity contribution in [3.05, 3.63) is 299 Å². The Balaban J connectivity index is 0.982. The monoisotopic (exact) mass is 1360 g/mol. The zero-order chi connectivity index (χ0) is 73.0. The maximum atomic E-state index is 6.74. The van der Waals surface area contributed by atoms with E-state index in [-0.39, 0.29) is 5.54 Å². The number of hydrogen-bond acceptors (Lipinski definition) is 4. The summed E-state index contributed by atoms with van der Waals surface area (Å²) in [7, 11) is 0. The molecule has 4 heteroatoms. The summed E-state index contributed by atoms with van der Waals surface area (Å²) in [5.41, 5.74) is 47.4. The molecule has 0 radical (unpaired) electrons. The van der Waals surface area contributed by atoms with Gasteiger partial charge in [0, 0.05) is 45.2 Å². The first-order valence-corrected chi connectivity index (χ1v) is 38.6. The highest BCUT2D eigenvalue weighted by Gasteiger charge is 2.24. The quantitative estimate of drug-likeness (QED) is 0.0336. The van der Waals surface area contributed by atoms with Gasteiger partial charge in [0.25, 0.3) is 0 Å². The van der Waals surface area contributed by atoms with Crippen molar-refractivity contribution in [1.82, 2.24) is 0 Å². The summed E-state index contributed by atoms with van der Waals surface area (Å²) in [5.74, 6) is 1.22. The van der Waals surface area contributed by atoms with Crippen LogP contribution in [0.15, 0.2) is 243 Å². The second-order valence-corrected chi connectivity index (χ2v) is 31.0. The van der Waals surface area contributed by atoms with Gasteiger partial charge in [0.15, 0.2) is 0 Å². The van der Waals surface area contributed by atoms with Gasteiger partial charge in [-0.3, -0.25) is 0 Å². The van der Waals surface area contributed by atoms with E-state index in [0.717, 1.165) is 101 Å². The van der Waals surface area contributed by atoms with E-state index in [1.165, 1.54) is 139 Å². The fourth-order valence-corrected chi connectivity index (χ4v) is 15.5. The second-order valence-electron chi connectivity index (χ2n) is 31.0. The molecule has 530 valence electrons. The average Bonchev–Trinajstić information content (AvgIpc) is 0.767. The molecule has 0 heterocycles. The molecule has 2 atom stereocenters. The first-order valence-electron chi connectivity index (χ1n) is 38.6. The Labute approximate surface area is 620 Å². The highest BCUT2D eigenvalue weighted by Crippen LogP contribution is 2.45. The Bertz CT molecular complexity index is 4580. The molecule has 4 N–H and O–H groups in total. The van der Waals surface area contributed by atoms with Crippen LogP contribution in [0.25, 0.3) is 66.8 Å². The third-order valence-corrected chi connectivity index (χ3v) is 21.5. The van der Waals surface area contributed by atoms with Crippen molar-refractivity contribution < 1.29 is 0 Å². The van der Waals surface area contributed by atoms with Crippen molar-refractivity contribution in [2.45, 2.75) is 191 Å². The topological polar surface area (TPSA) is 58.5 Å². The minimum atomic E-state index is -0.472. The Kier molecular flexibility index (Phi) is 24.6. The van der Waals surface area contributed by atoms with Gasteiger partial charge in [0.2, 0.25) is 0 Å². The SMILES string of the molecule is C=CCC(C)(N)c1ccc(-c2ccc(N(c3ccc(-c4c(C)cc(CC(C)C)cc4C)cc3)c3ccc(-c4cc(CCCCCC)c(-c5ccc(N(c6ccc(-c7ccc(CC(C)C)cc7)cc6)c6ccc(-c7ccc(C(C)(N)CC)cc7)cc6)cc5C)cc4CCCCCC)c(C)c3)cc2)cc1. The molecule has 0 saturated carbocycles. The van der Waals surface area contributed by atoms with E-state index >= 15 is 0 Å². The van der Waals surface area contributed by atoms with E-state index in [0.29, 0.717) is 18.3 Å². The molecule has 0 aliphatic carbocycles. The normalized spacial score (nSPS) is 12.7. The fraction of sp³-hybridized carbons (Fsp3) is 0.313. The lowest BCUT2D eigenvalue weighted by Gasteiger charge is -2.28. The number of rotatable bonds is 31. The van der Waals surface area contributed by atoms with Crippen LogP contribution in [0.4, 0.5) is 34.1 Å². The van der Waals surface area contributed by atoms with Crippen LogP contribution >= 0.6 is 0 Å². The lowest BCUT2D eigenvalue weighted by atomic mass is 9.84. The van der Waals surface area contributed by atoms with Crippen molar-refractivity contribution in [1.29, 1.82) is 0 Å². The fourth-order valence-electron chi connectivity index (χ4n) is 15.5. The smallest absolute Gasteiger partial charge is 0.0464 e. The first-order chi connectivity index (χ1) is 49.6. The van der Waals surface area contributed by atoms with E-state index < -0.39 is 5.54 Å². The number of nitrogens with two attached hydrogens (primary N) is 2. The van der Waals surface area contributed by atoms with Crippen LogP contribution in [0.2, 0.25) is 0 Å². The van der Waals surface area contributed by atoms with Gasteiger partial charge >= 0.3 is 0 Å². The van der Waals surface area contributed by atoms with Crippen LogP contribution in [0.5, 0.6) is 0 Å². The Morgan fingerprint density at radius 1 is 0.350 bits per heavy atom. The van der Waals surface area contributed by atoms with Gasteiger partial charge in [-0.05, 0) is 300 Å². The van der Waals surface area contributed by atoms with Gasteiger partial charge < -0.3 is 21.3 Å². The molecule has 103 heavy (non-hydrogen) atoms. The standard InChI is InChI=1S/C99H114N4/c1-15-19-21-23-25-83-67-96(94-58-56-92(65-71(94)10)103(89-51-39-81(40-52-89)78-33-45-86(46-34-78)99(14,101)59-17-3)90-53-41-82(42-54-90)97-72(11)62-75(61-69(7)8)63-73(97)12)84(26-24-22-20-16-2)66-95(83)93-57-55-91(64-70(93)9)102(87-47-35-79(36-48-87)76-29-27-74(28-30-76)60-68(5)6)88-49-37-80(38-50-88)77-31-43-85(44-32-77)98(13,100)18-4/h17,27-58,62-69H,3,15-16,18-26,59-61,100-101H2,1-2,4-14H3. The largest absolute Gasteiger partial charge is 0.322 e. The van der Waals surface area contributed by atoms with Crippen molar-refractivity contribution >= 4 is 34.1 Å². The Morgan fingerprint density at radius 2 is 0.680 bits per heavy atom. The van der Waals surface area contributed by atoms with E-state index in [2.05, 4.69) is 337 Å². The van der Waals surface area contributed by atoms with Crippen LogP contribution in [0.3, 0.4) is 0 Å². The molecule has 4 nitrogen and oxygen atoms in total. The minimum Gasteiger partial charge on any atom is -0.322 e. The van der Waals surface area contributed by atoms with Crippen LogP contribution in [-0.4, -0.2) is 0 Å². The summed E-state index contributed by atoms with van der Waals surface area (Å²) in [4.78, 5) is 4.88. The molecule has 11 aromatic carbocycles. The summed E-state index contributed by atoms with van der Waals surface area (Å²) >= 11 is 0. The molecule has 0 aromatic heterocycles. The van der Waals surface area contributed by atoms with Gasteiger partial charge in [-0.25, -0.2) is 0 Å². The van der Waals surface area contributed by atoms with E-state index in [1.54, 1.807) is 0 Å². The van der Waals surface area contributed by atoms with E-state index in [1.807, 2.05) is 6.08 Å². The molecule has 0 aliphatic rings. The Morgan fingerprint density at radius 3 is 1.02 bits per heavy atom. The van der Waals surface area contributed by atoms with Gasteiger partial charge in [0.1, 0.15) is 0 Å². The predicted octanol–water partition coefficient (Wildman–Crippen LogP) is 27.8. The first kappa shape index (κ1) is 74.9. The molecule has 0 bridgehead atoms. The van der Waals surface area contributed by atoms with E-state index in [4.69, 9.17) is 11.5 Å². The second kappa shape index (κ2) is 33.9. The zero-order valence-electron chi connectivity index (χ0n) is 64.3. The highest BCUT2D eigenvalue weighted by atomic mass is 15.1. The summed E-state index contributed by atoms with van der Waals surface area (Å²) < 4.78 is 0. The van der Waals surface area contributed by atoms with Crippen LogP contribution in [0, 0.1) is 39.5 Å². The summed E-state index contributed by atoms with van der Waals surface area (Å²) in [6.45, 7) is 33.3. The lowest BCUT2D eigenvalue weighted by Crippen LogP contribution is -2.32. The summed E-state index contributed by atoms with van der Waals surface area (Å²) in [6, 6.07) is 87.8. The summed E-state index contributed by atoms with van der Waals surface area (Å²) in [5, 5.41) is 0. The maximum Gasteiger partial charge on any atom is 0.0464 e. The van der Waals surface area contributed by atoms with Crippen LogP contribution < -0.4 is 21.3 Å². The molecule has 0 aliphatic heterocycles. The highest BCUT2D eigenvalue weighted by molar-refractivity contribution is 5.87. The molecule has 0 amide bonds. The number of aryl methyl sites for hydroxylation is 6. The number of hydrogen-bond donors (Lipinski definition) is 2. The molecular weight excluding hydrogens is 1250 g/mol. The molecule has 11 rings (SSSR count). The van der Waals surface area contributed by atoms with Crippen molar-refractivity contribution in [3.63, 3.8) is 0 Å². The van der Waals surface area contributed by atoms with Crippen molar-refractivity contribution in [2.75, 3.05) is 9.80 Å². The molecule has 2 unspecified atom stereocenters. The molecular formula is C99H114N4. The van der Waals surface area contributed by atoms with Gasteiger partial charge in [-0.15, -0.1) is 6.58 Å². The third-order valence-electron chi connectivity index (χ3n) is 21.5. The van der Waals surface area contributed by atoms with Crippen LogP contribution in [0.1, 0.15) is 182 Å². The molecule has 0 fully saturated rings. The minimum absolute atomic E-state index is 0.362. The van der Waals surface area contributed by atoms with Gasteiger partial charge in [0.05, 0.1) is 0 Å². The predicted molar refractivity (Wildman–Crippen MR) is 448 cm³/mol. The molecule has 0 saturated heterocycles. The Hall–Kier alpha value is -9.32. The van der Waals surface area contributed by atoms with Gasteiger partial charge in [-0.2, -0.15) is 0 Å². The number of unbranched alkanes of at least 4 members (excludes halogenated alkanes) is 6. The molecule has 11 aromatic rings. The number of anilines is 6. The van der Waals surface area contributed by atoms with E-state index in [9.17, 15) is 0 Å². The molecule has 0 spiro atoms.